The zero-order valence-corrected chi connectivity index (χ0v) is 24.4. The fourth-order valence-electron chi connectivity index (χ4n) is 7.50. The minimum atomic E-state index is 0.910. The molecule has 0 spiro atoms. The summed E-state index contributed by atoms with van der Waals surface area (Å²) in [7, 11) is 0. The number of benzene rings is 9. The third-order valence-electron chi connectivity index (χ3n) is 9.62. The summed E-state index contributed by atoms with van der Waals surface area (Å²) in [6, 6.07) is 57.3. The summed E-state index contributed by atoms with van der Waals surface area (Å²) in [6.07, 6.45) is 0. The van der Waals surface area contributed by atoms with Gasteiger partial charge in [0.15, 0.2) is 0 Å². The molecule has 0 N–H and O–H groups in total. The highest BCUT2D eigenvalue weighted by molar-refractivity contribution is 6.28. The Morgan fingerprint density at radius 1 is 0.289 bits per heavy atom. The molecule has 0 atom stereocenters. The minimum absolute atomic E-state index is 0.910. The quantitative estimate of drug-likeness (QED) is 0.193. The maximum atomic E-state index is 6.55. The zero-order valence-electron chi connectivity index (χ0n) is 24.4. The normalized spacial score (nSPS) is 12.0. The summed E-state index contributed by atoms with van der Waals surface area (Å²) >= 11 is 0. The Morgan fingerprint density at radius 3 is 1.73 bits per heavy atom. The molecule has 0 fully saturated rings. The molecule has 0 bridgehead atoms. The number of fused-ring (bicyclic) bond motifs is 4. The Labute approximate surface area is 259 Å². The average Bonchev–Trinajstić information content (AvgIpc) is 3.49. The lowest BCUT2D eigenvalue weighted by Gasteiger charge is -2.17. The van der Waals surface area contributed by atoms with Gasteiger partial charge in [-0.2, -0.15) is 0 Å². The van der Waals surface area contributed by atoms with E-state index in [1.54, 1.807) is 0 Å². The van der Waals surface area contributed by atoms with Gasteiger partial charge < -0.3 is 4.42 Å². The van der Waals surface area contributed by atoms with Crippen LogP contribution >= 0.6 is 0 Å². The third kappa shape index (κ3) is 3.62. The van der Waals surface area contributed by atoms with Crippen molar-refractivity contribution in [1.29, 1.82) is 0 Å². The van der Waals surface area contributed by atoms with Crippen LogP contribution in [0.25, 0.3) is 98.4 Å². The molecular formula is C44H26O. The molecule has 1 heteroatoms. The Morgan fingerprint density at radius 2 is 0.911 bits per heavy atom. The van der Waals surface area contributed by atoms with E-state index in [1.807, 2.05) is 0 Å². The van der Waals surface area contributed by atoms with E-state index in [0.717, 1.165) is 27.5 Å². The molecule has 0 saturated heterocycles. The van der Waals surface area contributed by atoms with Gasteiger partial charge in [-0.3, -0.25) is 0 Å². The molecule has 0 radical (unpaired) electrons. The van der Waals surface area contributed by atoms with Crippen LogP contribution in [0.4, 0.5) is 0 Å². The van der Waals surface area contributed by atoms with Gasteiger partial charge in [0.25, 0.3) is 0 Å². The van der Waals surface area contributed by atoms with Crippen molar-refractivity contribution >= 4 is 65.0 Å². The molecular weight excluding hydrogens is 544 g/mol. The first-order chi connectivity index (χ1) is 22.3. The molecule has 1 heterocycles. The van der Waals surface area contributed by atoms with Crippen molar-refractivity contribution in [3.8, 4) is 33.4 Å². The second kappa shape index (κ2) is 9.29. The molecule has 10 aromatic rings. The molecule has 0 amide bonds. The summed E-state index contributed by atoms with van der Waals surface area (Å²) in [5, 5.41) is 12.6. The average molecular weight is 571 g/mol. The largest absolute Gasteiger partial charge is 0.456 e. The van der Waals surface area contributed by atoms with Gasteiger partial charge in [0.05, 0.1) is 0 Å². The van der Waals surface area contributed by atoms with Crippen molar-refractivity contribution in [2.75, 3.05) is 0 Å². The Balaban J connectivity index is 1.19. The zero-order chi connectivity index (χ0) is 29.5. The highest BCUT2D eigenvalue weighted by Gasteiger charge is 2.18. The smallest absolute Gasteiger partial charge is 0.136 e. The van der Waals surface area contributed by atoms with E-state index in [4.69, 9.17) is 4.42 Å². The maximum Gasteiger partial charge on any atom is 0.136 e. The second-order valence-corrected chi connectivity index (χ2v) is 12.1. The van der Waals surface area contributed by atoms with E-state index in [1.165, 1.54) is 70.9 Å². The first-order valence-electron chi connectivity index (χ1n) is 15.5. The third-order valence-corrected chi connectivity index (χ3v) is 9.62. The van der Waals surface area contributed by atoms with Crippen LogP contribution < -0.4 is 0 Å². The molecule has 0 aliphatic heterocycles. The van der Waals surface area contributed by atoms with E-state index in [2.05, 4.69) is 158 Å². The fraction of sp³-hybridized carbons (Fsp3) is 0. The summed E-state index contributed by atoms with van der Waals surface area (Å²) in [4.78, 5) is 0. The van der Waals surface area contributed by atoms with Crippen LogP contribution in [0.15, 0.2) is 162 Å². The van der Waals surface area contributed by atoms with Gasteiger partial charge in [0.2, 0.25) is 0 Å². The van der Waals surface area contributed by atoms with Crippen LogP contribution in [-0.4, -0.2) is 0 Å². The number of rotatable bonds is 3. The Kier molecular flexibility index (Phi) is 5.06. The van der Waals surface area contributed by atoms with Gasteiger partial charge >= 0.3 is 0 Å². The van der Waals surface area contributed by atoms with Gasteiger partial charge in [0, 0.05) is 10.8 Å². The standard InChI is InChI=1S/C44H26O/c1-2-8-28(9-3-1)34-20-15-29-18-23-38-35(21-16-30-17-22-37(34)42(29)43(30)38)36-11-6-12-40-44(36)39-24-19-33(26-41(39)45-40)32-14-13-27-7-4-5-10-31(27)25-32/h1-26H. The van der Waals surface area contributed by atoms with Crippen molar-refractivity contribution < 1.29 is 4.42 Å². The van der Waals surface area contributed by atoms with Crippen LogP contribution in [0.3, 0.4) is 0 Å². The fourth-order valence-corrected chi connectivity index (χ4v) is 7.50. The van der Waals surface area contributed by atoms with Crippen LogP contribution in [0.5, 0.6) is 0 Å². The van der Waals surface area contributed by atoms with Crippen molar-refractivity contribution in [3.63, 3.8) is 0 Å². The van der Waals surface area contributed by atoms with Gasteiger partial charge in [-0.1, -0.05) is 133 Å². The highest BCUT2D eigenvalue weighted by atomic mass is 16.3. The van der Waals surface area contributed by atoms with E-state index >= 15 is 0 Å². The molecule has 10 rings (SSSR count). The summed E-state index contributed by atoms with van der Waals surface area (Å²) < 4.78 is 6.55. The summed E-state index contributed by atoms with van der Waals surface area (Å²) in [5.74, 6) is 0. The maximum absolute atomic E-state index is 6.55. The first-order valence-corrected chi connectivity index (χ1v) is 15.5. The van der Waals surface area contributed by atoms with E-state index in [9.17, 15) is 0 Å². The van der Waals surface area contributed by atoms with Crippen molar-refractivity contribution in [2.24, 2.45) is 0 Å². The molecule has 0 aliphatic carbocycles. The van der Waals surface area contributed by atoms with Crippen LogP contribution in [0.2, 0.25) is 0 Å². The monoisotopic (exact) mass is 570 g/mol. The van der Waals surface area contributed by atoms with E-state index < -0.39 is 0 Å². The SMILES string of the molecule is c1ccc(-c2ccc3ccc4c(-c5cccc6oc7cc(-c8ccc9ccccc9c8)ccc7c56)ccc5ccc2c3c54)cc1. The lowest BCUT2D eigenvalue weighted by molar-refractivity contribution is 0.669. The lowest BCUT2D eigenvalue weighted by atomic mass is 9.86. The predicted molar refractivity (Wildman–Crippen MR) is 191 cm³/mol. The van der Waals surface area contributed by atoms with E-state index in [-0.39, 0.29) is 0 Å². The highest BCUT2D eigenvalue weighted by Crippen LogP contribution is 2.45. The van der Waals surface area contributed by atoms with Crippen LogP contribution in [-0.2, 0) is 0 Å². The molecule has 0 unspecified atom stereocenters. The number of furan rings is 1. The predicted octanol–water partition coefficient (Wildman–Crippen LogP) is 12.6. The molecule has 0 saturated carbocycles. The van der Waals surface area contributed by atoms with Gasteiger partial charge in [-0.25, -0.2) is 0 Å². The summed E-state index contributed by atoms with van der Waals surface area (Å²) in [6.45, 7) is 0. The number of hydrogen-bond acceptors (Lipinski definition) is 1. The summed E-state index contributed by atoms with van der Waals surface area (Å²) in [5.41, 5.74) is 9.12. The second-order valence-electron chi connectivity index (χ2n) is 12.1. The minimum Gasteiger partial charge on any atom is -0.456 e. The van der Waals surface area contributed by atoms with Gasteiger partial charge in [0.1, 0.15) is 11.2 Å². The lowest BCUT2D eigenvalue weighted by Crippen LogP contribution is -1.89. The molecule has 45 heavy (non-hydrogen) atoms. The number of hydrogen-bond donors (Lipinski definition) is 0. The molecule has 0 aliphatic rings. The van der Waals surface area contributed by atoms with Crippen LogP contribution in [0.1, 0.15) is 0 Å². The van der Waals surface area contributed by atoms with Gasteiger partial charge in [-0.15, -0.1) is 0 Å². The van der Waals surface area contributed by atoms with E-state index in [0.29, 0.717) is 0 Å². The topological polar surface area (TPSA) is 13.1 Å². The van der Waals surface area contributed by atoms with Crippen molar-refractivity contribution in [1.82, 2.24) is 0 Å². The molecule has 1 nitrogen and oxygen atoms in total. The van der Waals surface area contributed by atoms with Crippen molar-refractivity contribution in [3.05, 3.63) is 158 Å². The van der Waals surface area contributed by atoms with Crippen LogP contribution in [0, 0.1) is 0 Å². The molecule has 208 valence electrons. The first kappa shape index (κ1) is 24.5. The Hall–Kier alpha value is -5.92. The van der Waals surface area contributed by atoms with Gasteiger partial charge in [-0.05, 0) is 101 Å². The molecule has 1 aromatic heterocycles. The Bertz CT molecular complexity index is 2750. The van der Waals surface area contributed by atoms with Crippen molar-refractivity contribution in [2.45, 2.75) is 0 Å². The molecule has 9 aromatic carbocycles.